The number of halogens is 2. The highest BCUT2D eigenvalue weighted by Crippen LogP contribution is 1.89. The second-order valence-corrected chi connectivity index (χ2v) is 3.20. The van der Waals surface area contributed by atoms with Crippen molar-refractivity contribution >= 4 is 33.4 Å². The Morgan fingerprint density at radius 1 is 1.60 bits per heavy atom. The maximum Gasteiger partial charge on any atom is 0.255 e. The maximum absolute atomic E-state index is 10.1. The molecule has 0 N–H and O–H groups in total. The molecule has 10 heavy (non-hydrogen) atoms. The van der Waals surface area contributed by atoms with Crippen LogP contribution in [0, 0.1) is 0 Å². The number of nitrogens with zero attached hydrogens (tertiary/aromatic N) is 1. The van der Waals surface area contributed by atoms with Crippen LogP contribution >= 0.6 is 23.1 Å². The van der Waals surface area contributed by atoms with Crippen LogP contribution in [0.1, 0.15) is 0 Å². The zero-order valence-electron chi connectivity index (χ0n) is 5.87. The third-order valence-electron chi connectivity index (χ3n) is 0.714. The van der Waals surface area contributed by atoms with E-state index in [1.807, 2.05) is 19.0 Å². The van der Waals surface area contributed by atoms with Crippen LogP contribution in [0.25, 0.3) is 0 Å². The molecule has 0 saturated carbocycles. The lowest BCUT2D eigenvalue weighted by atomic mass is 10.6. The van der Waals surface area contributed by atoms with Crippen LogP contribution in [-0.2, 0) is 14.5 Å². The van der Waals surface area contributed by atoms with Crippen LogP contribution < -0.4 is 0 Å². The Morgan fingerprint density at radius 2 is 2.10 bits per heavy atom. The lowest BCUT2D eigenvalue weighted by Crippen LogP contribution is -2.17. The molecule has 0 aromatic rings. The summed E-state index contributed by atoms with van der Waals surface area (Å²) in [6.07, 6.45) is 0. The van der Waals surface area contributed by atoms with E-state index in [9.17, 15) is 4.21 Å². The summed E-state index contributed by atoms with van der Waals surface area (Å²) in [4.78, 5) is 1.92. The van der Waals surface area contributed by atoms with E-state index in [0.717, 1.165) is 6.54 Å². The van der Waals surface area contributed by atoms with Gasteiger partial charge in [-0.05, 0) is 14.1 Å². The fourth-order valence-corrected chi connectivity index (χ4v) is 0.680. The lowest BCUT2D eigenvalue weighted by Gasteiger charge is -2.06. The van der Waals surface area contributed by atoms with Crippen molar-refractivity contribution in [3.63, 3.8) is 0 Å². The molecular formula is C4H11Cl2NO2S. The van der Waals surface area contributed by atoms with Gasteiger partial charge in [-0.25, -0.2) is 4.21 Å². The second kappa shape index (κ2) is 7.75. The minimum atomic E-state index is -1.64. The van der Waals surface area contributed by atoms with Gasteiger partial charge in [0.1, 0.15) is 0 Å². The van der Waals surface area contributed by atoms with Crippen LogP contribution in [0.2, 0.25) is 0 Å². The molecule has 0 rings (SSSR count). The van der Waals surface area contributed by atoms with Gasteiger partial charge in [0, 0.05) is 17.2 Å². The van der Waals surface area contributed by atoms with Crippen LogP contribution in [0.3, 0.4) is 0 Å². The van der Waals surface area contributed by atoms with E-state index in [1.165, 1.54) is 0 Å². The molecule has 0 aliphatic carbocycles. The number of hydrogen-bond acceptors (Lipinski definition) is 3. The maximum atomic E-state index is 10.1. The molecule has 64 valence electrons. The van der Waals surface area contributed by atoms with Crippen molar-refractivity contribution in [3.05, 3.63) is 0 Å². The Balaban J connectivity index is 0. The summed E-state index contributed by atoms with van der Waals surface area (Å²) in [5.74, 6) is 0. The molecule has 0 heterocycles. The van der Waals surface area contributed by atoms with Crippen molar-refractivity contribution in [2.24, 2.45) is 0 Å². The predicted molar refractivity (Wildman–Crippen MR) is 45.7 cm³/mol. The SMILES string of the molecule is CN(C)CCOS(=O)Cl.Cl. The van der Waals surface area contributed by atoms with Crippen molar-refractivity contribution in [2.75, 3.05) is 27.2 Å². The van der Waals surface area contributed by atoms with Crippen molar-refractivity contribution in [2.45, 2.75) is 0 Å². The van der Waals surface area contributed by atoms with E-state index >= 15 is 0 Å². The first-order chi connectivity index (χ1) is 4.13. The zero-order valence-corrected chi connectivity index (χ0v) is 8.26. The monoisotopic (exact) mass is 207 g/mol. The van der Waals surface area contributed by atoms with Gasteiger partial charge in [0.25, 0.3) is 10.3 Å². The fraction of sp³-hybridized carbons (Fsp3) is 1.00. The fourth-order valence-electron chi connectivity index (χ4n) is 0.285. The predicted octanol–water partition coefficient (Wildman–Crippen LogP) is 0.804. The van der Waals surface area contributed by atoms with Gasteiger partial charge in [0.05, 0.1) is 6.61 Å². The quantitative estimate of drug-likeness (QED) is 0.640. The molecule has 0 saturated heterocycles. The van der Waals surface area contributed by atoms with Crippen molar-refractivity contribution < 1.29 is 8.39 Å². The largest absolute Gasteiger partial charge is 0.307 e. The van der Waals surface area contributed by atoms with E-state index in [0.29, 0.717) is 6.61 Å². The molecule has 0 radical (unpaired) electrons. The molecule has 0 fully saturated rings. The summed E-state index contributed by atoms with van der Waals surface area (Å²) in [7, 11) is 7.16. The first kappa shape index (κ1) is 13.3. The summed E-state index contributed by atoms with van der Waals surface area (Å²) >= 11 is 0. The van der Waals surface area contributed by atoms with E-state index in [2.05, 4.69) is 4.18 Å². The average Bonchev–Trinajstić information content (AvgIpc) is 1.63. The van der Waals surface area contributed by atoms with Gasteiger partial charge >= 0.3 is 0 Å². The molecule has 1 atom stereocenters. The minimum absolute atomic E-state index is 0. The standard InChI is InChI=1S/C4H10ClNO2S.ClH/c1-6(2)3-4-8-9(5)7;/h3-4H2,1-2H3;1H. The Kier molecular flexibility index (Phi) is 10.3. The normalized spacial score (nSPS) is 12.8. The average molecular weight is 208 g/mol. The molecule has 0 amide bonds. The van der Waals surface area contributed by atoms with E-state index in [-0.39, 0.29) is 12.4 Å². The van der Waals surface area contributed by atoms with Crippen molar-refractivity contribution in [1.82, 2.24) is 4.90 Å². The molecule has 3 nitrogen and oxygen atoms in total. The molecule has 0 aromatic carbocycles. The smallest absolute Gasteiger partial charge is 0.255 e. The topological polar surface area (TPSA) is 29.5 Å². The van der Waals surface area contributed by atoms with Gasteiger partial charge < -0.3 is 4.90 Å². The molecule has 0 aliphatic rings. The van der Waals surface area contributed by atoms with Gasteiger partial charge in [-0.1, -0.05) is 0 Å². The first-order valence-electron chi connectivity index (χ1n) is 2.49. The summed E-state index contributed by atoms with van der Waals surface area (Å²) < 4.78 is 14.6. The molecule has 1 unspecified atom stereocenters. The van der Waals surface area contributed by atoms with Crippen molar-refractivity contribution in [1.29, 1.82) is 0 Å². The van der Waals surface area contributed by atoms with Crippen LogP contribution in [0.15, 0.2) is 0 Å². The van der Waals surface area contributed by atoms with Crippen LogP contribution in [-0.4, -0.2) is 36.4 Å². The summed E-state index contributed by atoms with van der Waals surface area (Å²) in [6, 6.07) is 0. The van der Waals surface area contributed by atoms with E-state index in [1.54, 1.807) is 0 Å². The minimum Gasteiger partial charge on any atom is -0.307 e. The number of likely N-dealkylation sites (N-methyl/N-ethyl adjacent to an activating group) is 1. The Bertz CT molecular complexity index is 101. The summed E-state index contributed by atoms with van der Waals surface area (Å²) in [5.41, 5.74) is 0. The molecule has 0 aromatic heterocycles. The Morgan fingerprint density at radius 3 is 2.40 bits per heavy atom. The van der Waals surface area contributed by atoms with E-state index < -0.39 is 10.3 Å². The highest BCUT2D eigenvalue weighted by molar-refractivity contribution is 8.04. The Hall–Kier alpha value is 0.650. The molecule has 0 spiro atoms. The Labute approximate surface area is 74.3 Å². The van der Waals surface area contributed by atoms with Gasteiger partial charge in [0.15, 0.2) is 0 Å². The van der Waals surface area contributed by atoms with Gasteiger partial charge in [-0.15, -0.1) is 12.4 Å². The summed E-state index contributed by atoms with van der Waals surface area (Å²) in [5, 5.41) is 0. The summed E-state index contributed by atoms with van der Waals surface area (Å²) in [6.45, 7) is 1.14. The first-order valence-corrected chi connectivity index (χ1v) is 4.39. The number of rotatable bonds is 4. The third-order valence-corrected chi connectivity index (χ3v) is 1.33. The van der Waals surface area contributed by atoms with Crippen molar-refractivity contribution in [3.8, 4) is 0 Å². The zero-order chi connectivity index (χ0) is 7.28. The van der Waals surface area contributed by atoms with E-state index in [4.69, 9.17) is 10.7 Å². The highest BCUT2D eigenvalue weighted by Gasteiger charge is 1.93. The highest BCUT2D eigenvalue weighted by atomic mass is 35.7. The number of hydrogen-bond donors (Lipinski definition) is 0. The molecule has 0 aliphatic heterocycles. The second-order valence-electron chi connectivity index (χ2n) is 1.82. The van der Waals surface area contributed by atoms with Crippen LogP contribution in [0.5, 0.6) is 0 Å². The third kappa shape index (κ3) is 11.4. The van der Waals surface area contributed by atoms with Gasteiger partial charge in [0.2, 0.25) is 0 Å². The van der Waals surface area contributed by atoms with Gasteiger partial charge in [-0.2, -0.15) is 0 Å². The molecule has 6 heteroatoms. The van der Waals surface area contributed by atoms with Gasteiger partial charge in [-0.3, -0.25) is 4.18 Å². The molecular weight excluding hydrogens is 197 g/mol. The molecule has 0 bridgehead atoms. The lowest BCUT2D eigenvalue weighted by molar-refractivity contribution is 0.284. The van der Waals surface area contributed by atoms with Crippen LogP contribution in [0.4, 0.5) is 0 Å².